The molecule has 0 spiro atoms. The highest BCUT2D eigenvalue weighted by Crippen LogP contribution is 2.42. The largest absolute Gasteiger partial charge is 0.508 e. The average molecular weight is 222 g/mol. The molecule has 1 aromatic rings. The van der Waals surface area contributed by atoms with Gasteiger partial charge in [0.05, 0.1) is 13.5 Å². The summed E-state index contributed by atoms with van der Waals surface area (Å²) in [6.07, 6.45) is 1.66. The molecule has 1 aromatic carbocycles. The van der Waals surface area contributed by atoms with Crippen LogP contribution in [0.1, 0.15) is 29.9 Å². The standard InChI is InChI=1S/C12H14O4/c1-16-9-4-7-2-3-8(5-11(14)15)12(7)10(13)6-9/h4,6,8,13H,2-3,5H2,1H3,(H,14,15). The summed E-state index contributed by atoms with van der Waals surface area (Å²) in [5, 5.41) is 18.6. The van der Waals surface area contributed by atoms with Crippen LogP contribution in [0, 0.1) is 0 Å². The Morgan fingerprint density at radius 2 is 2.31 bits per heavy atom. The van der Waals surface area contributed by atoms with Gasteiger partial charge in [0, 0.05) is 11.6 Å². The molecule has 0 heterocycles. The fourth-order valence-electron chi connectivity index (χ4n) is 2.35. The maximum atomic E-state index is 10.7. The topological polar surface area (TPSA) is 66.8 Å². The minimum Gasteiger partial charge on any atom is -0.508 e. The Hall–Kier alpha value is -1.71. The Bertz CT molecular complexity index is 425. The van der Waals surface area contributed by atoms with Crippen LogP contribution in [0.5, 0.6) is 11.5 Å². The molecular formula is C12H14O4. The number of aliphatic carboxylic acids is 1. The molecule has 0 saturated heterocycles. The van der Waals surface area contributed by atoms with Crippen LogP contribution in [0.15, 0.2) is 12.1 Å². The van der Waals surface area contributed by atoms with Gasteiger partial charge in [-0.15, -0.1) is 0 Å². The number of rotatable bonds is 3. The quantitative estimate of drug-likeness (QED) is 0.819. The number of phenolic OH excluding ortho intramolecular Hbond substituents is 1. The molecule has 0 saturated carbocycles. The van der Waals surface area contributed by atoms with Crippen molar-refractivity contribution in [3.05, 3.63) is 23.3 Å². The molecule has 1 aliphatic carbocycles. The fraction of sp³-hybridized carbons (Fsp3) is 0.417. The molecule has 0 fully saturated rings. The molecule has 0 radical (unpaired) electrons. The molecule has 0 aliphatic heterocycles. The Labute approximate surface area is 93.5 Å². The van der Waals surface area contributed by atoms with Crippen LogP contribution in [-0.4, -0.2) is 23.3 Å². The number of aromatic hydroxyl groups is 1. The van der Waals surface area contributed by atoms with Gasteiger partial charge in [-0.05, 0) is 30.4 Å². The first-order valence-corrected chi connectivity index (χ1v) is 5.23. The third-order valence-electron chi connectivity index (χ3n) is 3.04. The van der Waals surface area contributed by atoms with Gasteiger partial charge in [0.1, 0.15) is 11.5 Å². The highest BCUT2D eigenvalue weighted by Gasteiger charge is 2.28. The zero-order chi connectivity index (χ0) is 11.7. The highest BCUT2D eigenvalue weighted by molar-refractivity contribution is 5.69. The van der Waals surface area contributed by atoms with Gasteiger partial charge >= 0.3 is 5.97 Å². The van der Waals surface area contributed by atoms with Crippen LogP contribution in [0.4, 0.5) is 0 Å². The minimum atomic E-state index is -0.826. The van der Waals surface area contributed by atoms with Crippen LogP contribution >= 0.6 is 0 Å². The van der Waals surface area contributed by atoms with Crippen molar-refractivity contribution in [2.24, 2.45) is 0 Å². The van der Waals surface area contributed by atoms with Gasteiger partial charge in [-0.3, -0.25) is 4.79 Å². The fourth-order valence-corrected chi connectivity index (χ4v) is 2.35. The highest BCUT2D eigenvalue weighted by atomic mass is 16.5. The molecule has 1 atom stereocenters. The normalized spacial score (nSPS) is 18.2. The molecule has 16 heavy (non-hydrogen) atoms. The molecule has 1 unspecified atom stereocenters. The summed E-state index contributed by atoms with van der Waals surface area (Å²) in [6, 6.07) is 3.41. The van der Waals surface area contributed by atoms with Crippen LogP contribution in [-0.2, 0) is 11.2 Å². The van der Waals surface area contributed by atoms with Gasteiger partial charge in [-0.1, -0.05) is 0 Å². The second-order valence-corrected chi connectivity index (χ2v) is 4.05. The van der Waals surface area contributed by atoms with Crippen molar-refractivity contribution < 1.29 is 19.7 Å². The van der Waals surface area contributed by atoms with Crippen LogP contribution in [0.2, 0.25) is 0 Å². The van der Waals surface area contributed by atoms with Crippen LogP contribution in [0.3, 0.4) is 0 Å². The van der Waals surface area contributed by atoms with Crippen molar-refractivity contribution in [3.8, 4) is 11.5 Å². The molecule has 0 aromatic heterocycles. The minimum absolute atomic E-state index is 0.0709. The van der Waals surface area contributed by atoms with E-state index in [1.807, 2.05) is 6.07 Å². The molecule has 86 valence electrons. The molecule has 0 bridgehead atoms. The summed E-state index contributed by atoms with van der Waals surface area (Å²) in [6.45, 7) is 0. The number of fused-ring (bicyclic) bond motifs is 1. The summed E-state index contributed by atoms with van der Waals surface area (Å²) < 4.78 is 5.06. The maximum Gasteiger partial charge on any atom is 0.303 e. The molecular weight excluding hydrogens is 208 g/mol. The van der Waals surface area contributed by atoms with E-state index in [9.17, 15) is 9.90 Å². The van der Waals surface area contributed by atoms with Crippen molar-refractivity contribution in [2.75, 3.05) is 7.11 Å². The van der Waals surface area contributed by atoms with Gasteiger partial charge in [0.25, 0.3) is 0 Å². The van der Waals surface area contributed by atoms with E-state index < -0.39 is 5.97 Å². The maximum absolute atomic E-state index is 10.7. The summed E-state index contributed by atoms with van der Waals surface area (Å²) in [4.78, 5) is 10.7. The van der Waals surface area contributed by atoms with Crippen molar-refractivity contribution in [2.45, 2.75) is 25.2 Å². The monoisotopic (exact) mass is 222 g/mol. The number of carboxylic acids is 1. The van der Waals surface area contributed by atoms with E-state index in [0.29, 0.717) is 5.75 Å². The number of aryl methyl sites for hydroxylation is 1. The van der Waals surface area contributed by atoms with E-state index in [-0.39, 0.29) is 18.1 Å². The smallest absolute Gasteiger partial charge is 0.303 e. The number of methoxy groups -OCH3 is 1. The van der Waals surface area contributed by atoms with Gasteiger partial charge in [-0.2, -0.15) is 0 Å². The Balaban J connectivity index is 2.36. The first-order chi connectivity index (χ1) is 7.61. The van der Waals surface area contributed by atoms with Gasteiger partial charge in [0.15, 0.2) is 0 Å². The summed E-state index contributed by atoms with van der Waals surface area (Å²) in [5.74, 6) is -0.128. The Morgan fingerprint density at radius 1 is 1.56 bits per heavy atom. The first kappa shape index (κ1) is 10.8. The predicted molar refractivity (Wildman–Crippen MR) is 58.0 cm³/mol. The zero-order valence-corrected chi connectivity index (χ0v) is 9.06. The lowest BCUT2D eigenvalue weighted by atomic mass is 9.97. The van der Waals surface area contributed by atoms with Gasteiger partial charge in [-0.25, -0.2) is 0 Å². The van der Waals surface area contributed by atoms with Crippen molar-refractivity contribution in [3.63, 3.8) is 0 Å². The van der Waals surface area contributed by atoms with Crippen molar-refractivity contribution in [1.29, 1.82) is 0 Å². The Kier molecular flexibility index (Phi) is 2.73. The SMILES string of the molecule is COc1cc(O)c2c(c1)CCC2CC(=O)O. The second kappa shape index (κ2) is 4.04. The lowest BCUT2D eigenvalue weighted by Crippen LogP contribution is -2.03. The summed E-state index contributed by atoms with van der Waals surface area (Å²) >= 11 is 0. The van der Waals surface area contributed by atoms with E-state index in [0.717, 1.165) is 24.0 Å². The predicted octanol–water partition coefficient (Wildman–Crippen LogP) is 1.91. The first-order valence-electron chi connectivity index (χ1n) is 5.23. The molecule has 4 heteroatoms. The van der Waals surface area contributed by atoms with Gasteiger partial charge in [0.2, 0.25) is 0 Å². The number of carboxylic acid groups (broad SMARTS) is 1. The Morgan fingerprint density at radius 3 is 2.94 bits per heavy atom. The number of carbonyl (C=O) groups is 1. The van der Waals surface area contributed by atoms with E-state index in [1.165, 1.54) is 0 Å². The molecule has 0 amide bonds. The lowest BCUT2D eigenvalue weighted by molar-refractivity contribution is -0.137. The number of benzene rings is 1. The van der Waals surface area contributed by atoms with Gasteiger partial charge < -0.3 is 14.9 Å². The number of phenols is 1. The van der Waals surface area contributed by atoms with Crippen molar-refractivity contribution >= 4 is 5.97 Å². The van der Waals surface area contributed by atoms with Crippen LogP contribution < -0.4 is 4.74 Å². The van der Waals surface area contributed by atoms with E-state index in [4.69, 9.17) is 9.84 Å². The third-order valence-corrected chi connectivity index (χ3v) is 3.04. The molecule has 2 N–H and O–H groups in total. The van der Waals surface area contributed by atoms with E-state index in [1.54, 1.807) is 13.2 Å². The van der Waals surface area contributed by atoms with E-state index in [2.05, 4.69) is 0 Å². The molecule has 1 aliphatic rings. The van der Waals surface area contributed by atoms with Crippen LogP contribution in [0.25, 0.3) is 0 Å². The summed E-state index contributed by atoms with van der Waals surface area (Å²) in [7, 11) is 1.55. The van der Waals surface area contributed by atoms with Crippen molar-refractivity contribution in [1.82, 2.24) is 0 Å². The lowest BCUT2D eigenvalue weighted by Gasteiger charge is -2.11. The molecule has 2 rings (SSSR count). The number of hydrogen-bond acceptors (Lipinski definition) is 3. The average Bonchev–Trinajstić information content (AvgIpc) is 2.60. The number of ether oxygens (including phenoxy) is 1. The second-order valence-electron chi connectivity index (χ2n) is 4.05. The third kappa shape index (κ3) is 1.83. The zero-order valence-electron chi connectivity index (χ0n) is 9.06. The summed E-state index contributed by atoms with van der Waals surface area (Å²) in [5.41, 5.74) is 1.78. The number of hydrogen-bond donors (Lipinski definition) is 2. The van der Waals surface area contributed by atoms with E-state index >= 15 is 0 Å². The molecule has 4 nitrogen and oxygen atoms in total.